The molecule has 1 aromatic carbocycles. The van der Waals surface area contributed by atoms with Crippen molar-refractivity contribution >= 4 is 39.8 Å². The molecule has 0 atom stereocenters. The number of ether oxygens (including phenoxy) is 1. The summed E-state index contributed by atoms with van der Waals surface area (Å²) in [6.07, 6.45) is 2.64. The lowest BCUT2D eigenvalue weighted by atomic mass is 10.2. The van der Waals surface area contributed by atoms with Gasteiger partial charge in [-0.1, -0.05) is 6.92 Å². The summed E-state index contributed by atoms with van der Waals surface area (Å²) in [6.45, 7) is 4.15. The topological polar surface area (TPSA) is 84.5 Å². The third-order valence-corrected chi connectivity index (χ3v) is 5.29. The van der Waals surface area contributed by atoms with Gasteiger partial charge in [0.1, 0.15) is 0 Å². The fourth-order valence-corrected chi connectivity index (χ4v) is 3.46. The van der Waals surface area contributed by atoms with Crippen LogP contribution in [-0.4, -0.2) is 24.4 Å². The summed E-state index contributed by atoms with van der Waals surface area (Å²) >= 11 is 1.26. The first-order chi connectivity index (χ1) is 13.0. The molecule has 1 aliphatic rings. The second kappa shape index (κ2) is 8.35. The minimum Gasteiger partial charge on any atom is -0.462 e. The predicted octanol–water partition coefficient (Wildman–Crippen LogP) is 4.22. The highest BCUT2D eigenvalue weighted by atomic mass is 32.1. The Labute approximate surface area is 161 Å². The number of carbonyl (C=O) groups excluding carboxylic acids is 3. The highest BCUT2D eigenvalue weighted by Gasteiger charge is 2.30. The Kier molecular flexibility index (Phi) is 5.91. The zero-order valence-corrected chi connectivity index (χ0v) is 16.2. The van der Waals surface area contributed by atoms with Crippen LogP contribution in [0.3, 0.4) is 0 Å². The van der Waals surface area contributed by atoms with Gasteiger partial charge in [0.2, 0.25) is 5.91 Å². The van der Waals surface area contributed by atoms with Crippen molar-refractivity contribution in [2.24, 2.45) is 5.92 Å². The van der Waals surface area contributed by atoms with E-state index in [0.717, 1.165) is 24.8 Å². The number of carbonyl (C=O) groups is 3. The summed E-state index contributed by atoms with van der Waals surface area (Å²) in [6, 6.07) is 8.39. The summed E-state index contributed by atoms with van der Waals surface area (Å²) in [5, 5.41) is 6.37. The van der Waals surface area contributed by atoms with Gasteiger partial charge in [0.25, 0.3) is 5.91 Å². The maximum atomic E-state index is 12.5. The van der Waals surface area contributed by atoms with Gasteiger partial charge in [-0.05, 0) is 62.1 Å². The molecule has 1 saturated carbocycles. The van der Waals surface area contributed by atoms with Gasteiger partial charge in [0.05, 0.1) is 22.0 Å². The lowest BCUT2D eigenvalue weighted by molar-refractivity contribution is -0.117. The van der Waals surface area contributed by atoms with Crippen molar-refractivity contribution in [3.8, 4) is 0 Å². The molecular formula is C20H22N2O4S. The minimum absolute atomic E-state index is 0.0220. The van der Waals surface area contributed by atoms with E-state index in [4.69, 9.17) is 4.74 Å². The van der Waals surface area contributed by atoms with Crippen molar-refractivity contribution in [1.82, 2.24) is 0 Å². The standard InChI is InChI=1S/C20H22N2O4S/c1-3-10-26-20(25)14-6-8-15(9-7-14)21-19(24)17-12(2)11-16(27-17)22-18(23)13-4-5-13/h6-9,11,13H,3-5,10H2,1-2H3,(H,21,24)(H,22,23). The van der Waals surface area contributed by atoms with Crippen LogP contribution >= 0.6 is 11.3 Å². The van der Waals surface area contributed by atoms with E-state index in [1.54, 1.807) is 24.3 Å². The molecule has 142 valence electrons. The molecule has 0 aliphatic heterocycles. The lowest BCUT2D eigenvalue weighted by Gasteiger charge is -2.06. The van der Waals surface area contributed by atoms with Crippen LogP contribution in [0, 0.1) is 12.8 Å². The monoisotopic (exact) mass is 386 g/mol. The number of hydrogen-bond donors (Lipinski definition) is 2. The molecule has 1 aliphatic carbocycles. The molecule has 6 nitrogen and oxygen atoms in total. The van der Waals surface area contributed by atoms with Crippen molar-refractivity contribution in [3.05, 3.63) is 46.3 Å². The molecular weight excluding hydrogens is 364 g/mol. The van der Waals surface area contributed by atoms with Crippen LogP contribution in [0.15, 0.2) is 30.3 Å². The van der Waals surface area contributed by atoms with E-state index in [0.29, 0.717) is 27.7 Å². The van der Waals surface area contributed by atoms with Gasteiger partial charge < -0.3 is 15.4 Å². The molecule has 3 rings (SSSR count). The highest BCUT2D eigenvalue weighted by Crippen LogP contribution is 2.33. The number of rotatable bonds is 7. The Bertz CT molecular complexity index is 853. The predicted molar refractivity (Wildman–Crippen MR) is 105 cm³/mol. The lowest BCUT2D eigenvalue weighted by Crippen LogP contribution is -2.12. The van der Waals surface area contributed by atoms with E-state index < -0.39 is 0 Å². The summed E-state index contributed by atoms with van der Waals surface area (Å²) in [4.78, 5) is 36.8. The summed E-state index contributed by atoms with van der Waals surface area (Å²) < 4.78 is 5.08. The number of amides is 2. The third-order valence-electron chi connectivity index (χ3n) is 4.13. The van der Waals surface area contributed by atoms with Crippen LogP contribution in [0.25, 0.3) is 0 Å². The van der Waals surface area contributed by atoms with Crippen molar-refractivity contribution in [2.75, 3.05) is 17.2 Å². The molecule has 7 heteroatoms. The maximum Gasteiger partial charge on any atom is 0.338 e. The zero-order chi connectivity index (χ0) is 19.4. The number of esters is 1. The summed E-state index contributed by atoms with van der Waals surface area (Å²) in [5.41, 5.74) is 1.84. The van der Waals surface area contributed by atoms with Gasteiger partial charge in [-0.15, -0.1) is 11.3 Å². The molecule has 1 aromatic heterocycles. The van der Waals surface area contributed by atoms with E-state index >= 15 is 0 Å². The van der Waals surface area contributed by atoms with Crippen molar-refractivity contribution < 1.29 is 19.1 Å². The van der Waals surface area contributed by atoms with Crippen molar-refractivity contribution in [1.29, 1.82) is 0 Å². The number of nitrogens with one attached hydrogen (secondary N) is 2. The average molecular weight is 386 g/mol. The first-order valence-electron chi connectivity index (χ1n) is 8.97. The number of anilines is 2. The third kappa shape index (κ3) is 4.95. The maximum absolute atomic E-state index is 12.5. The van der Waals surface area contributed by atoms with E-state index in [-0.39, 0.29) is 23.7 Å². The molecule has 1 heterocycles. The summed E-state index contributed by atoms with van der Waals surface area (Å²) in [5.74, 6) is -0.480. The highest BCUT2D eigenvalue weighted by molar-refractivity contribution is 7.18. The van der Waals surface area contributed by atoms with Crippen LogP contribution in [-0.2, 0) is 9.53 Å². The number of benzene rings is 1. The zero-order valence-electron chi connectivity index (χ0n) is 15.3. The molecule has 1 fully saturated rings. The van der Waals surface area contributed by atoms with Crippen molar-refractivity contribution in [2.45, 2.75) is 33.1 Å². The second-order valence-electron chi connectivity index (χ2n) is 6.55. The average Bonchev–Trinajstić information content (AvgIpc) is 3.44. The van der Waals surface area contributed by atoms with Crippen LogP contribution < -0.4 is 10.6 Å². The fourth-order valence-electron chi connectivity index (χ4n) is 2.49. The molecule has 2 amide bonds. The van der Waals surface area contributed by atoms with Crippen LogP contribution in [0.1, 0.15) is 51.8 Å². The van der Waals surface area contributed by atoms with E-state index in [1.807, 2.05) is 19.9 Å². The molecule has 0 unspecified atom stereocenters. The molecule has 0 spiro atoms. The Hall–Kier alpha value is -2.67. The van der Waals surface area contributed by atoms with E-state index in [9.17, 15) is 14.4 Å². The normalized spacial score (nSPS) is 13.1. The molecule has 0 radical (unpaired) electrons. The molecule has 2 N–H and O–H groups in total. The van der Waals surface area contributed by atoms with Gasteiger partial charge in [-0.3, -0.25) is 9.59 Å². The van der Waals surface area contributed by atoms with Crippen molar-refractivity contribution in [3.63, 3.8) is 0 Å². The second-order valence-corrected chi connectivity index (χ2v) is 7.61. The Morgan fingerprint density at radius 1 is 1.15 bits per heavy atom. The fraction of sp³-hybridized carbons (Fsp3) is 0.350. The Morgan fingerprint density at radius 2 is 1.85 bits per heavy atom. The number of hydrogen-bond acceptors (Lipinski definition) is 5. The van der Waals surface area contributed by atoms with Gasteiger partial charge in [-0.2, -0.15) is 0 Å². The number of thiophene rings is 1. The Morgan fingerprint density at radius 3 is 2.48 bits per heavy atom. The van der Waals surface area contributed by atoms with Gasteiger partial charge in [0, 0.05) is 11.6 Å². The first-order valence-corrected chi connectivity index (χ1v) is 9.79. The quantitative estimate of drug-likeness (QED) is 0.698. The summed E-state index contributed by atoms with van der Waals surface area (Å²) in [7, 11) is 0. The van der Waals surface area contributed by atoms with Crippen LogP contribution in [0.4, 0.5) is 10.7 Å². The molecule has 0 saturated heterocycles. The van der Waals surface area contributed by atoms with Gasteiger partial charge in [0.15, 0.2) is 0 Å². The SMILES string of the molecule is CCCOC(=O)c1ccc(NC(=O)c2sc(NC(=O)C3CC3)cc2C)cc1. The Balaban J connectivity index is 1.62. The van der Waals surface area contributed by atoms with Crippen LogP contribution in [0.2, 0.25) is 0 Å². The minimum atomic E-state index is -0.375. The number of aryl methyl sites for hydroxylation is 1. The smallest absolute Gasteiger partial charge is 0.338 e. The van der Waals surface area contributed by atoms with Gasteiger partial charge in [-0.25, -0.2) is 4.79 Å². The molecule has 27 heavy (non-hydrogen) atoms. The first kappa shape index (κ1) is 19.1. The van der Waals surface area contributed by atoms with Gasteiger partial charge >= 0.3 is 5.97 Å². The molecule has 0 bridgehead atoms. The largest absolute Gasteiger partial charge is 0.462 e. The van der Waals surface area contributed by atoms with E-state index in [1.165, 1.54) is 11.3 Å². The van der Waals surface area contributed by atoms with E-state index in [2.05, 4.69) is 10.6 Å². The van der Waals surface area contributed by atoms with Crippen LogP contribution in [0.5, 0.6) is 0 Å². The molecule has 2 aromatic rings.